The molecule has 2 heteroatoms. The van der Waals surface area contributed by atoms with E-state index in [0.29, 0.717) is 12.8 Å². The van der Waals surface area contributed by atoms with Gasteiger partial charge in [-0.1, -0.05) is 6.92 Å². The fourth-order valence-electron chi connectivity index (χ4n) is 1.88. The summed E-state index contributed by atoms with van der Waals surface area (Å²) in [5.74, 6) is 0.751. The number of carbonyl (C=O) groups is 1. The van der Waals surface area contributed by atoms with Crippen LogP contribution in [0.15, 0.2) is 0 Å². The second-order valence-electron chi connectivity index (χ2n) is 4.11. The number of aliphatic hydroxyl groups is 1. The van der Waals surface area contributed by atoms with Gasteiger partial charge in [-0.05, 0) is 38.0 Å². The van der Waals surface area contributed by atoms with Crippen molar-refractivity contribution in [1.82, 2.24) is 0 Å². The minimum atomic E-state index is -0.520. The molecule has 0 spiro atoms. The number of hydrogen-bond acceptors (Lipinski definition) is 2. The summed E-state index contributed by atoms with van der Waals surface area (Å²) >= 11 is 0. The van der Waals surface area contributed by atoms with Crippen LogP contribution >= 0.6 is 0 Å². The van der Waals surface area contributed by atoms with Crippen LogP contribution in [0.3, 0.4) is 0 Å². The molecular weight excluding hydrogens is 152 g/mol. The maximum absolute atomic E-state index is 10.1. The Bertz CT molecular complexity index is 146. The van der Waals surface area contributed by atoms with Gasteiger partial charge in [0, 0.05) is 6.42 Å². The molecule has 0 aromatic rings. The van der Waals surface area contributed by atoms with Crippen molar-refractivity contribution in [2.45, 2.75) is 51.0 Å². The van der Waals surface area contributed by atoms with Gasteiger partial charge in [-0.2, -0.15) is 0 Å². The SMILES string of the molecule is CC1CCC(O)(CCC=O)CC1. The second kappa shape index (κ2) is 4.04. The van der Waals surface area contributed by atoms with Gasteiger partial charge in [0.2, 0.25) is 0 Å². The summed E-state index contributed by atoms with van der Waals surface area (Å²) in [6.45, 7) is 2.22. The average Bonchev–Trinajstić information content (AvgIpc) is 2.08. The monoisotopic (exact) mass is 170 g/mol. The Hall–Kier alpha value is -0.370. The van der Waals surface area contributed by atoms with Gasteiger partial charge in [0.1, 0.15) is 6.29 Å². The Morgan fingerprint density at radius 3 is 2.58 bits per heavy atom. The predicted molar refractivity (Wildman–Crippen MR) is 47.9 cm³/mol. The summed E-state index contributed by atoms with van der Waals surface area (Å²) in [7, 11) is 0. The van der Waals surface area contributed by atoms with Crippen LogP contribution in [0, 0.1) is 5.92 Å². The first-order chi connectivity index (χ1) is 5.66. The van der Waals surface area contributed by atoms with E-state index in [4.69, 9.17) is 0 Å². The van der Waals surface area contributed by atoms with Gasteiger partial charge in [0.05, 0.1) is 5.60 Å². The minimum absolute atomic E-state index is 0.505. The highest BCUT2D eigenvalue weighted by molar-refractivity contribution is 5.49. The van der Waals surface area contributed by atoms with Gasteiger partial charge >= 0.3 is 0 Å². The van der Waals surface area contributed by atoms with E-state index >= 15 is 0 Å². The first-order valence-electron chi connectivity index (χ1n) is 4.82. The lowest BCUT2D eigenvalue weighted by atomic mass is 9.77. The van der Waals surface area contributed by atoms with Gasteiger partial charge < -0.3 is 9.90 Å². The van der Waals surface area contributed by atoms with E-state index in [1.54, 1.807) is 0 Å². The van der Waals surface area contributed by atoms with Crippen molar-refractivity contribution in [2.75, 3.05) is 0 Å². The molecule has 1 saturated carbocycles. The normalized spacial score (nSPS) is 36.3. The number of aldehydes is 1. The topological polar surface area (TPSA) is 37.3 Å². The molecule has 0 saturated heterocycles. The van der Waals surface area contributed by atoms with E-state index in [9.17, 15) is 9.90 Å². The first-order valence-corrected chi connectivity index (χ1v) is 4.82. The van der Waals surface area contributed by atoms with Crippen molar-refractivity contribution in [2.24, 2.45) is 5.92 Å². The Morgan fingerprint density at radius 1 is 1.50 bits per heavy atom. The van der Waals surface area contributed by atoms with Crippen LogP contribution < -0.4 is 0 Å². The van der Waals surface area contributed by atoms with Crippen LogP contribution in [0.4, 0.5) is 0 Å². The number of rotatable bonds is 3. The molecule has 0 aromatic heterocycles. The minimum Gasteiger partial charge on any atom is -0.390 e. The van der Waals surface area contributed by atoms with Crippen LogP contribution in [-0.2, 0) is 4.79 Å². The molecular formula is C10H18O2. The van der Waals surface area contributed by atoms with Crippen LogP contribution in [0.25, 0.3) is 0 Å². The fourth-order valence-corrected chi connectivity index (χ4v) is 1.88. The molecule has 1 rings (SSSR count). The van der Waals surface area contributed by atoms with Crippen LogP contribution in [-0.4, -0.2) is 17.0 Å². The summed E-state index contributed by atoms with van der Waals surface area (Å²) in [4.78, 5) is 10.1. The molecule has 0 unspecified atom stereocenters. The van der Waals surface area contributed by atoms with E-state index < -0.39 is 5.60 Å². The largest absolute Gasteiger partial charge is 0.390 e. The lowest BCUT2D eigenvalue weighted by Gasteiger charge is -2.34. The summed E-state index contributed by atoms with van der Waals surface area (Å²) in [5.41, 5.74) is -0.520. The molecule has 0 atom stereocenters. The molecule has 0 aliphatic heterocycles. The summed E-state index contributed by atoms with van der Waals surface area (Å²) in [5, 5.41) is 9.96. The third-order valence-electron chi connectivity index (χ3n) is 2.93. The zero-order valence-corrected chi connectivity index (χ0v) is 7.75. The molecule has 0 bridgehead atoms. The van der Waals surface area contributed by atoms with Crippen molar-refractivity contribution in [3.63, 3.8) is 0 Å². The first kappa shape index (κ1) is 9.72. The van der Waals surface area contributed by atoms with Crippen LogP contribution in [0.5, 0.6) is 0 Å². The quantitative estimate of drug-likeness (QED) is 0.657. The van der Waals surface area contributed by atoms with E-state index in [1.165, 1.54) is 0 Å². The van der Waals surface area contributed by atoms with Crippen molar-refractivity contribution in [3.8, 4) is 0 Å². The third-order valence-corrected chi connectivity index (χ3v) is 2.93. The molecule has 1 aliphatic rings. The van der Waals surface area contributed by atoms with Crippen molar-refractivity contribution in [3.05, 3.63) is 0 Å². The van der Waals surface area contributed by atoms with Gasteiger partial charge in [-0.15, -0.1) is 0 Å². The third kappa shape index (κ3) is 2.59. The molecule has 0 radical (unpaired) electrons. The van der Waals surface area contributed by atoms with Crippen molar-refractivity contribution < 1.29 is 9.90 Å². The van der Waals surface area contributed by atoms with E-state index in [0.717, 1.165) is 37.9 Å². The van der Waals surface area contributed by atoms with Crippen LogP contribution in [0.2, 0.25) is 0 Å². The number of hydrogen-bond donors (Lipinski definition) is 1. The highest BCUT2D eigenvalue weighted by atomic mass is 16.3. The van der Waals surface area contributed by atoms with Gasteiger partial charge in [-0.25, -0.2) is 0 Å². The predicted octanol–water partition coefficient (Wildman–Crippen LogP) is 1.91. The highest BCUT2D eigenvalue weighted by Crippen LogP contribution is 2.34. The molecule has 1 fully saturated rings. The smallest absolute Gasteiger partial charge is 0.120 e. The molecule has 0 aromatic carbocycles. The number of carbonyl (C=O) groups excluding carboxylic acids is 1. The maximum Gasteiger partial charge on any atom is 0.120 e. The maximum atomic E-state index is 10.1. The van der Waals surface area contributed by atoms with Crippen molar-refractivity contribution >= 4 is 6.29 Å². The molecule has 2 nitrogen and oxygen atoms in total. The van der Waals surface area contributed by atoms with Crippen molar-refractivity contribution in [1.29, 1.82) is 0 Å². The van der Waals surface area contributed by atoms with Gasteiger partial charge in [0.25, 0.3) is 0 Å². The lowest BCUT2D eigenvalue weighted by Crippen LogP contribution is -2.33. The average molecular weight is 170 g/mol. The molecule has 0 amide bonds. The fraction of sp³-hybridized carbons (Fsp3) is 0.900. The summed E-state index contributed by atoms with van der Waals surface area (Å²) < 4.78 is 0. The zero-order valence-electron chi connectivity index (χ0n) is 7.75. The Kier molecular flexibility index (Phi) is 3.27. The van der Waals surface area contributed by atoms with E-state index in [1.807, 2.05) is 0 Å². The highest BCUT2D eigenvalue weighted by Gasteiger charge is 2.30. The van der Waals surface area contributed by atoms with Gasteiger partial charge in [-0.3, -0.25) is 0 Å². The molecule has 1 aliphatic carbocycles. The molecule has 0 heterocycles. The van der Waals surface area contributed by atoms with Crippen LogP contribution in [0.1, 0.15) is 45.4 Å². The summed E-state index contributed by atoms with van der Waals surface area (Å²) in [6.07, 6.45) is 6.03. The van der Waals surface area contributed by atoms with E-state index in [2.05, 4.69) is 6.92 Å². The second-order valence-corrected chi connectivity index (χ2v) is 4.11. The van der Waals surface area contributed by atoms with Gasteiger partial charge in [0.15, 0.2) is 0 Å². The lowest BCUT2D eigenvalue weighted by molar-refractivity contribution is -0.109. The molecule has 70 valence electrons. The Morgan fingerprint density at radius 2 is 2.08 bits per heavy atom. The van der Waals surface area contributed by atoms with E-state index in [-0.39, 0.29) is 0 Å². The Balaban J connectivity index is 2.33. The zero-order chi connectivity index (χ0) is 9.03. The summed E-state index contributed by atoms with van der Waals surface area (Å²) in [6, 6.07) is 0. The molecule has 12 heavy (non-hydrogen) atoms. The standard InChI is InChI=1S/C10H18O2/c1-9-3-6-10(12,7-4-9)5-2-8-11/h8-9,12H,2-7H2,1H3. The molecule has 1 N–H and O–H groups in total. The Labute approximate surface area is 74.0 Å².